The molecule has 1 aromatic carbocycles. The zero-order chi connectivity index (χ0) is 19.1. The number of thiol groups is 1. The third-order valence-corrected chi connectivity index (χ3v) is 10.6. The van der Waals surface area contributed by atoms with Crippen LogP contribution in [0.4, 0.5) is 0 Å². The predicted octanol–water partition coefficient (Wildman–Crippen LogP) is 5.74. The maximum absolute atomic E-state index is 12.3. The molecule has 0 spiro atoms. The van der Waals surface area contributed by atoms with Crippen LogP contribution in [-0.2, 0) is 8.87 Å². The topological polar surface area (TPSA) is 56.3 Å². The third-order valence-electron chi connectivity index (χ3n) is 4.14. The average molecular weight is 432 g/mol. The fourth-order valence-corrected chi connectivity index (χ4v) is 8.98. The second kappa shape index (κ2) is 7.08. The zero-order valence-electron chi connectivity index (χ0n) is 14.5. The summed E-state index contributed by atoms with van der Waals surface area (Å²) in [5.74, 6) is 0.894. The number of pyridine rings is 1. The minimum Gasteiger partial charge on any atom is -0.439 e. The lowest BCUT2D eigenvalue weighted by molar-refractivity contribution is 0.453. The Hall–Kier alpha value is -1.21. The molecule has 8 heteroatoms. The van der Waals surface area contributed by atoms with Crippen LogP contribution in [0.1, 0.15) is 24.7 Å². The van der Waals surface area contributed by atoms with Gasteiger partial charge in [-0.3, -0.25) is 0 Å². The van der Waals surface area contributed by atoms with Gasteiger partial charge in [-0.1, -0.05) is 43.1 Å². The molecule has 1 aliphatic heterocycles. The summed E-state index contributed by atoms with van der Waals surface area (Å²) in [5, 5.41) is 2.48. The Bertz CT molecular complexity index is 957. The van der Waals surface area contributed by atoms with Gasteiger partial charge in [-0.25, -0.2) is 13.4 Å². The smallest absolute Gasteiger partial charge is 0.220 e. The standard InChI is InChI=1S/C18H19Cl2NO3S2/c1-18(2)8-9-25(26(3,22)23)17(18)12-10-15(20)21-16(11-12)24-14-6-4-13(19)5-7-14/h4-11,17,25H,1-3H3. The Morgan fingerprint density at radius 2 is 1.81 bits per heavy atom. The van der Waals surface area contributed by atoms with Crippen LogP contribution in [-0.4, -0.2) is 19.7 Å². The van der Waals surface area contributed by atoms with E-state index in [0.29, 0.717) is 16.7 Å². The van der Waals surface area contributed by atoms with Crippen LogP contribution in [0.3, 0.4) is 0 Å². The van der Waals surface area contributed by atoms with Gasteiger partial charge in [0.05, 0.1) is 0 Å². The summed E-state index contributed by atoms with van der Waals surface area (Å²) >= 11 is 12.1. The van der Waals surface area contributed by atoms with Crippen molar-refractivity contribution >= 4 is 42.0 Å². The molecular weight excluding hydrogens is 413 g/mol. The Kier molecular flexibility index (Phi) is 5.32. The van der Waals surface area contributed by atoms with E-state index in [1.807, 2.05) is 25.3 Å². The molecule has 4 nitrogen and oxygen atoms in total. The normalized spacial score (nSPS) is 23.1. The number of rotatable bonds is 4. The van der Waals surface area contributed by atoms with Gasteiger partial charge < -0.3 is 4.74 Å². The number of nitrogens with zero attached hydrogens (tertiary/aromatic N) is 1. The number of aromatic nitrogens is 1. The monoisotopic (exact) mass is 431 g/mol. The van der Waals surface area contributed by atoms with Gasteiger partial charge >= 0.3 is 0 Å². The maximum Gasteiger partial charge on any atom is 0.220 e. The number of hydrogen-bond acceptors (Lipinski definition) is 4. The lowest BCUT2D eigenvalue weighted by atomic mass is 9.86. The van der Waals surface area contributed by atoms with E-state index < -0.39 is 18.8 Å². The van der Waals surface area contributed by atoms with Gasteiger partial charge in [-0.2, -0.15) is 0 Å². The summed E-state index contributed by atoms with van der Waals surface area (Å²) in [4.78, 5) is 4.21. The van der Waals surface area contributed by atoms with E-state index in [1.54, 1.807) is 36.4 Å². The van der Waals surface area contributed by atoms with E-state index in [2.05, 4.69) is 4.98 Å². The number of hydrogen-bond donors (Lipinski definition) is 1. The first kappa shape index (κ1) is 19.5. The summed E-state index contributed by atoms with van der Waals surface area (Å²) in [6.45, 7) is 4.05. The number of benzene rings is 1. The molecule has 2 heterocycles. The molecule has 2 aromatic rings. The van der Waals surface area contributed by atoms with Crippen molar-refractivity contribution in [3.63, 3.8) is 0 Å². The summed E-state index contributed by atoms with van der Waals surface area (Å²) in [6.07, 6.45) is 3.25. The molecule has 0 saturated heterocycles. The first-order chi connectivity index (χ1) is 12.1. The molecule has 0 bridgehead atoms. The van der Waals surface area contributed by atoms with E-state index in [1.165, 1.54) is 6.26 Å². The molecule has 0 N–H and O–H groups in total. The van der Waals surface area contributed by atoms with Crippen LogP contribution in [0.5, 0.6) is 11.6 Å². The summed E-state index contributed by atoms with van der Waals surface area (Å²) in [6, 6.07) is 10.4. The molecular formula is C18H19Cl2NO3S2. The highest BCUT2D eigenvalue weighted by Gasteiger charge is 2.41. The van der Waals surface area contributed by atoms with Gasteiger partial charge in [0, 0.05) is 22.6 Å². The molecule has 0 amide bonds. The fourth-order valence-electron chi connectivity index (χ4n) is 2.97. The van der Waals surface area contributed by atoms with Crippen molar-refractivity contribution in [1.29, 1.82) is 0 Å². The van der Waals surface area contributed by atoms with Crippen molar-refractivity contribution in [2.24, 2.45) is 5.41 Å². The zero-order valence-corrected chi connectivity index (χ0v) is 17.7. The van der Waals surface area contributed by atoms with Crippen LogP contribution in [0.15, 0.2) is 47.9 Å². The molecule has 1 aliphatic rings. The van der Waals surface area contributed by atoms with Crippen molar-refractivity contribution in [2.45, 2.75) is 19.1 Å². The first-order valence-corrected chi connectivity index (χ1v) is 12.6. The van der Waals surface area contributed by atoms with E-state index in [9.17, 15) is 8.42 Å². The van der Waals surface area contributed by atoms with Gasteiger partial charge in [-0.15, -0.1) is 9.93 Å². The van der Waals surface area contributed by atoms with E-state index in [-0.39, 0.29) is 15.8 Å². The molecule has 140 valence electrons. The maximum atomic E-state index is 12.3. The average Bonchev–Trinajstić information content (AvgIpc) is 2.84. The second-order valence-corrected chi connectivity index (χ2v) is 13.8. The molecule has 3 rings (SSSR count). The van der Waals surface area contributed by atoms with Crippen LogP contribution in [0.2, 0.25) is 10.2 Å². The van der Waals surface area contributed by atoms with Gasteiger partial charge in [-0.05, 0) is 46.7 Å². The lowest BCUT2D eigenvalue weighted by Gasteiger charge is -2.32. The van der Waals surface area contributed by atoms with Crippen LogP contribution in [0, 0.1) is 5.41 Å². The summed E-state index contributed by atoms with van der Waals surface area (Å²) < 4.78 is 30.4. The SMILES string of the molecule is CC1(C)C=C[SH](S(C)(=O)=O)C1c1cc(Cl)nc(Oc2ccc(Cl)cc2)c1. The van der Waals surface area contributed by atoms with Crippen molar-refractivity contribution < 1.29 is 13.2 Å². The van der Waals surface area contributed by atoms with Crippen LogP contribution < -0.4 is 4.74 Å². The third kappa shape index (κ3) is 4.19. The van der Waals surface area contributed by atoms with E-state index in [4.69, 9.17) is 27.9 Å². The highest BCUT2D eigenvalue weighted by molar-refractivity contribution is 8.82. The fraction of sp³-hybridized carbons (Fsp3) is 0.278. The highest BCUT2D eigenvalue weighted by atomic mass is 35.5. The van der Waals surface area contributed by atoms with Gasteiger partial charge in [0.25, 0.3) is 0 Å². The van der Waals surface area contributed by atoms with Crippen molar-refractivity contribution in [1.82, 2.24) is 4.98 Å². The first-order valence-electron chi connectivity index (χ1n) is 7.85. The molecule has 0 fully saturated rings. The Morgan fingerprint density at radius 1 is 1.15 bits per heavy atom. The Morgan fingerprint density at radius 3 is 2.42 bits per heavy atom. The summed E-state index contributed by atoms with van der Waals surface area (Å²) in [5.41, 5.74) is 0.497. The number of halogens is 2. The number of allylic oxidation sites excluding steroid dienone is 1. The lowest BCUT2D eigenvalue weighted by Crippen LogP contribution is -2.18. The van der Waals surface area contributed by atoms with Gasteiger partial charge in [0.15, 0.2) is 8.87 Å². The second-order valence-electron chi connectivity index (χ2n) is 6.75. The van der Waals surface area contributed by atoms with Crippen molar-refractivity contribution in [3.05, 3.63) is 63.6 Å². The van der Waals surface area contributed by atoms with Crippen molar-refractivity contribution in [2.75, 3.05) is 6.26 Å². The molecule has 0 aliphatic carbocycles. The Balaban J connectivity index is 2.00. The van der Waals surface area contributed by atoms with E-state index in [0.717, 1.165) is 5.56 Å². The molecule has 26 heavy (non-hydrogen) atoms. The Labute approximate surface area is 165 Å². The van der Waals surface area contributed by atoms with Crippen LogP contribution in [0.25, 0.3) is 0 Å². The molecule has 0 radical (unpaired) electrons. The molecule has 1 aromatic heterocycles. The van der Waals surface area contributed by atoms with E-state index >= 15 is 0 Å². The van der Waals surface area contributed by atoms with Gasteiger partial charge in [0.2, 0.25) is 5.88 Å². The molecule has 2 unspecified atom stereocenters. The van der Waals surface area contributed by atoms with Gasteiger partial charge in [0.1, 0.15) is 10.9 Å². The number of ether oxygens (including phenoxy) is 1. The highest BCUT2D eigenvalue weighted by Crippen LogP contribution is 2.62. The van der Waals surface area contributed by atoms with Crippen molar-refractivity contribution in [3.8, 4) is 11.6 Å². The van der Waals surface area contributed by atoms with Crippen LogP contribution >= 0.6 is 33.1 Å². The predicted molar refractivity (Wildman–Crippen MR) is 110 cm³/mol. The minimum atomic E-state index is -3.20. The minimum absolute atomic E-state index is 0.208. The largest absolute Gasteiger partial charge is 0.439 e. The quantitative estimate of drug-likeness (QED) is 0.381. The molecule has 2 atom stereocenters. The summed E-state index contributed by atoms with van der Waals surface area (Å²) in [7, 11) is -4.57. The molecule has 0 saturated carbocycles.